The molecule has 278 valence electrons. The summed E-state index contributed by atoms with van der Waals surface area (Å²) >= 11 is 0. The van der Waals surface area contributed by atoms with Crippen molar-refractivity contribution in [3.8, 4) is 0 Å². The number of carbonyl (C=O) groups excluding carboxylic acids is 2. The molecule has 45 heavy (non-hydrogen) atoms. The average Bonchev–Trinajstić information content (AvgIpc) is 2.78. The van der Waals surface area contributed by atoms with Crippen LogP contribution < -0.4 is 5.32 Å². The molecule has 0 spiro atoms. The third-order valence-corrected chi connectivity index (χ3v) is 8.54. The lowest BCUT2D eigenvalue weighted by Gasteiger charge is -2.31. The lowest BCUT2D eigenvalue weighted by Crippen LogP contribution is -2.48. The normalized spacial score (nSPS) is 13.2. The summed E-state index contributed by atoms with van der Waals surface area (Å²) in [4.78, 5) is 23.4. The van der Waals surface area contributed by atoms with Crippen LogP contribution in [0, 0.1) is 11.3 Å². The van der Waals surface area contributed by atoms with Crippen molar-refractivity contribution in [3.05, 3.63) is 0 Å². The Balaban J connectivity index is -0.000000157. The molecular formula is C30H72N3O10S2+. The van der Waals surface area contributed by atoms with Crippen molar-refractivity contribution in [1.82, 2.24) is 5.32 Å². The van der Waals surface area contributed by atoms with Gasteiger partial charge in [-0.15, -0.1) is 0 Å². The minimum atomic E-state index is -4.17. The van der Waals surface area contributed by atoms with Gasteiger partial charge < -0.3 is 28.7 Å². The van der Waals surface area contributed by atoms with Crippen molar-refractivity contribution < 1.29 is 54.3 Å². The summed E-state index contributed by atoms with van der Waals surface area (Å²) in [6.45, 7) is 12.4. The number of ether oxygens (including phenoxy) is 1. The first kappa shape index (κ1) is 56.0. The average molecular weight is 699 g/mol. The summed E-state index contributed by atoms with van der Waals surface area (Å²) in [5, 5.41) is 12.6. The molecule has 0 rings (SSSR count). The van der Waals surface area contributed by atoms with Crippen molar-refractivity contribution in [3.63, 3.8) is 0 Å². The summed E-state index contributed by atoms with van der Waals surface area (Å²) in [7, 11) is -0.754. The smallest absolute Gasteiger partial charge is 0.308 e. The van der Waals surface area contributed by atoms with Gasteiger partial charge in [0.1, 0.15) is 31.6 Å². The first-order valence-corrected chi connectivity index (χ1v) is 17.2. The standard InChI is InChI=1S/C14H30N2O5S.C12H25NO5S.4CH4/c1-6-14(2,3)13(18)15-8-7-9-16(4,5)10-12(17)11-22(19,20)21;1-5-11(2)12(14)18-9-8-13(3,4)7-6-10-19(15,16)17;;;;/h12,17H,6-11H2,1-5H3,(H-,15,18,19,20,21);11H,5-10H2,1-4H3;4*1H4/p+1. The largest absolute Gasteiger partial charge is 0.748 e. The van der Waals surface area contributed by atoms with E-state index in [1.54, 1.807) is 0 Å². The number of nitrogens with one attached hydrogen (secondary N) is 1. The van der Waals surface area contributed by atoms with Crippen LogP contribution in [-0.2, 0) is 34.6 Å². The van der Waals surface area contributed by atoms with Gasteiger partial charge in [0, 0.05) is 30.6 Å². The van der Waals surface area contributed by atoms with Crippen LogP contribution in [0.5, 0.6) is 0 Å². The molecule has 0 fully saturated rings. The zero-order chi connectivity index (χ0) is 32.7. The zero-order valence-electron chi connectivity index (χ0n) is 26.5. The first-order chi connectivity index (χ1) is 18.4. The molecule has 0 aromatic rings. The maximum absolute atomic E-state index is 11.9. The molecule has 0 radical (unpaired) electrons. The molecule has 0 aromatic carbocycles. The molecule has 2 atom stereocenters. The van der Waals surface area contributed by atoms with Crippen molar-refractivity contribution in [2.24, 2.45) is 11.3 Å². The molecule has 1 amide bonds. The molecule has 0 aliphatic heterocycles. The monoisotopic (exact) mass is 698 g/mol. The Kier molecular flexibility index (Phi) is 30.8. The van der Waals surface area contributed by atoms with Crippen LogP contribution in [0.3, 0.4) is 0 Å². The number of amides is 1. The maximum Gasteiger partial charge on any atom is 0.308 e. The number of esters is 1. The molecule has 0 saturated heterocycles. The topological polar surface area (TPSA) is 187 Å². The summed E-state index contributed by atoms with van der Waals surface area (Å²) in [6.07, 6.45) is 1.44. The van der Waals surface area contributed by atoms with E-state index >= 15 is 0 Å². The number of hydrogen-bond donors (Lipinski definition) is 3. The van der Waals surface area contributed by atoms with Gasteiger partial charge in [-0.2, -0.15) is 8.42 Å². The van der Waals surface area contributed by atoms with Gasteiger partial charge >= 0.3 is 5.97 Å². The molecule has 2 unspecified atom stereocenters. The fraction of sp³-hybridized carbons (Fsp3) is 0.933. The van der Waals surface area contributed by atoms with Crippen LogP contribution >= 0.6 is 0 Å². The maximum atomic E-state index is 11.9. The molecule has 0 aliphatic carbocycles. The van der Waals surface area contributed by atoms with Gasteiger partial charge in [0.05, 0.1) is 57.3 Å². The van der Waals surface area contributed by atoms with Crippen LogP contribution in [0.4, 0.5) is 0 Å². The van der Waals surface area contributed by atoms with Gasteiger partial charge in [-0.25, -0.2) is 8.42 Å². The lowest BCUT2D eigenvalue weighted by atomic mass is 9.89. The molecule has 15 heteroatoms. The van der Waals surface area contributed by atoms with E-state index in [0.717, 1.165) is 19.3 Å². The summed E-state index contributed by atoms with van der Waals surface area (Å²) in [5.41, 5.74) is -0.379. The van der Waals surface area contributed by atoms with Gasteiger partial charge in [0.2, 0.25) is 5.91 Å². The third kappa shape index (κ3) is 32.4. The summed E-state index contributed by atoms with van der Waals surface area (Å²) in [6, 6.07) is 0. The molecule has 0 saturated carbocycles. The van der Waals surface area contributed by atoms with Crippen LogP contribution in [0.2, 0.25) is 0 Å². The lowest BCUT2D eigenvalue weighted by molar-refractivity contribution is -0.893. The highest BCUT2D eigenvalue weighted by molar-refractivity contribution is 7.86. The Bertz CT molecular complexity index is 999. The van der Waals surface area contributed by atoms with Gasteiger partial charge in [0.15, 0.2) is 0 Å². The van der Waals surface area contributed by atoms with Crippen molar-refractivity contribution in [2.45, 2.75) is 96.1 Å². The van der Waals surface area contributed by atoms with E-state index in [9.17, 15) is 36.1 Å². The summed E-state index contributed by atoms with van der Waals surface area (Å²) in [5.74, 6) is -1.28. The number of aliphatic hydroxyl groups is 1. The second-order valence-electron chi connectivity index (χ2n) is 12.6. The predicted octanol–water partition coefficient (Wildman–Crippen LogP) is 3.39. The molecular weight excluding hydrogens is 626 g/mol. The van der Waals surface area contributed by atoms with E-state index in [4.69, 9.17) is 9.29 Å². The van der Waals surface area contributed by atoms with E-state index in [0.29, 0.717) is 48.2 Å². The predicted molar refractivity (Wildman–Crippen MR) is 184 cm³/mol. The Morgan fingerprint density at radius 1 is 0.911 bits per heavy atom. The quantitative estimate of drug-likeness (QED) is 0.0781. The molecule has 13 nitrogen and oxygen atoms in total. The van der Waals surface area contributed by atoms with E-state index < -0.39 is 32.1 Å². The third-order valence-electron chi connectivity index (χ3n) is 6.95. The van der Waals surface area contributed by atoms with Gasteiger partial charge in [-0.1, -0.05) is 64.3 Å². The van der Waals surface area contributed by atoms with E-state index in [1.807, 2.05) is 62.8 Å². The highest BCUT2D eigenvalue weighted by Gasteiger charge is 2.26. The van der Waals surface area contributed by atoms with E-state index in [2.05, 4.69) is 5.32 Å². The van der Waals surface area contributed by atoms with E-state index in [1.165, 1.54) is 0 Å². The number of rotatable bonds is 19. The Labute approximate surface area is 277 Å². The van der Waals surface area contributed by atoms with Crippen molar-refractivity contribution in [2.75, 3.05) is 79.0 Å². The number of nitrogens with zero attached hydrogens (tertiary/aromatic N) is 2. The minimum Gasteiger partial charge on any atom is -0.748 e. The van der Waals surface area contributed by atoms with Crippen LogP contribution in [-0.4, -0.2) is 137 Å². The number of quaternary nitrogens is 2. The Morgan fingerprint density at radius 3 is 1.82 bits per heavy atom. The minimum absolute atomic E-state index is 0. The van der Waals surface area contributed by atoms with Crippen molar-refractivity contribution in [1.29, 1.82) is 0 Å². The number of likely N-dealkylation sites (N-methyl/N-ethyl adjacent to an activating group) is 2. The first-order valence-electron chi connectivity index (χ1n) is 14.0. The zero-order valence-corrected chi connectivity index (χ0v) is 28.1. The van der Waals surface area contributed by atoms with Gasteiger partial charge in [-0.3, -0.25) is 14.1 Å². The van der Waals surface area contributed by atoms with Crippen LogP contribution in [0.15, 0.2) is 0 Å². The fourth-order valence-electron chi connectivity index (χ4n) is 3.55. The number of hydrogen-bond acceptors (Lipinski definition) is 9. The van der Waals surface area contributed by atoms with Gasteiger partial charge in [0.25, 0.3) is 10.1 Å². The number of aliphatic hydroxyl groups excluding tert-OH is 1. The van der Waals surface area contributed by atoms with Crippen LogP contribution in [0.1, 0.15) is 90.0 Å². The molecule has 0 aliphatic rings. The highest BCUT2D eigenvalue weighted by atomic mass is 32.2. The summed E-state index contributed by atoms with van der Waals surface area (Å²) < 4.78 is 67.7. The molecule has 0 bridgehead atoms. The Morgan fingerprint density at radius 2 is 1.40 bits per heavy atom. The Hall–Kier alpha value is -1.36. The van der Waals surface area contributed by atoms with E-state index in [-0.39, 0.29) is 65.2 Å². The highest BCUT2D eigenvalue weighted by Crippen LogP contribution is 2.19. The second-order valence-corrected chi connectivity index (χ2v) is 15.6. The molecule has 3 N–H and O–H groups in total. The molecule has 0 heterocycles. The SMILES string of the molecule is C.C.C.C.CCC(C)(C)C(=O)NCCC[N+](C)(C)CC(O)CS(=O)(=O)O.CCC(C)C(=O)OCC[N+](C)(C)CCCS(=O)(=O)[O-]. The number of carbonyl (C=O) groups is 2. The second kappa shape index (κ2) is 24.8. The molecule has 0 aromatic heterocycles. The van der Waals surface area contributed by atoms with Crippen molar-refractivity contribution >= 4 is 32.1 Å². The van der Waals surface area contributed by atoms with Crippen LogP contribution in [0.25, 0.3) is 0 Å². The van der Waals surface area contributed by atoms with Gasteiger partial charge in [-0.05, 0) is 12.8 Å². The fourth-order valence-corrected chi connectivity index (χ4v) is 4.62.